The lowest BCUT2D eigenvalue weighted by Gasteiger charge is -2.22. The Bertz CT molecular complexity index is 689. The van der Waals surface area contributed by atoms with E-state index in [0.717, 1.165) is 16.1 Å². The van der Waals surface area contributed by atoms with Crippen LogP contribution in [0.1, 0.15) is 26.3 Å². The average molecular weight is 401 g/mol. The summed E-state index contributed by atoms with van der Waals surface area (Å²) < 4.78 is 19.8. The van der Waals surface area contributed by atoms with E-state index in [2.05, 4.69) is 15.9 Å². The number of carbonyl (C=O) groups excluding carboxylic acids is 1. The normalized spacial score (nSPS) is 12.6. The van der Waals surface area contributed by atoms with Gasteiger partial charge in [-0.25, -0.2) is 25.9 Å². The summed E-state index contributed by atoms with van der Waals surface area (Å²) in [5, 5.41) is 0.903. The highest BCUT2D eigenvalue weighted by Crippen LogP contribution is 2.27. The molecule has 0 radical (unpaired) electrons. The number of urea groups is 1. The SMILES string of the molecule is C/C=C(C)\C(COc1cc(F)c(Br)cc1C)=C(/C)N(N)C(=O)NN. The van der Waals surface area contributed by atoms with Crippen LogP contribution in [-0.2, 0) is 0 Å². The van der Waals surface area contributed by atoms with E-state index < -0.39 is 11.8 Å². The van der Waals surface area contributed by atoms with Crippen molar-refractivity contribution in [2.75, 3.05) is 6.61 Å². The largest absolute Gasteiger partial charge is 0.488 e. The van der Waals surface area contributed by atoms with Crippen LogP contribution < -0.4 is 21.8 Å². The highest BCUT2D eigenvalue weighted by Gasteiger charge is 2.16. The van der Waals surface area contributed by atoms with Crippen LogP contribution in [0.5, 0.6) is 5.75 Å². The van der Waals surface area contributed by atoms with Crippen LogP contribution in [0.2, 0.25) is 0 Å². The smallest absolute Gasteiger partial charge is 0.350 e. The molecule has 1 aromatic rings. The first-order chi connectivity index (χ1) is 11.2. The van der Waals surface area contributed by atoms with Crippen LogP contribution in [0.25, 0.3) is 0 Å². The highest BCUT2D eigenvalue weighted by atomic mass is 79.9. The van der Waals surface area contributed by atoms with Gasteiger partial charge in [0.05, 0.1) is 4.47 Å². The van der Waals surface area contributed by atoms with E-state index in [1.165, 1.54) is 6.07 Å². The number of nitrogens with two attached hydrogens (primary N) is 2. The third-order valence-electron chi connectivity index (χ3n) is 3.64. The van der Waals surface area contributed by atoms with E-state index in [0.29, 0.717) is 21.5 Å². The molecule has 0 aromatic heterocycles. The molecule has 1 aromatic carbocycles. The maximum atomic E-state index is 13.7. The summed E-state index contributed by atoms with van der Waals surface area (Å²) in [6.07, 6.45) is 1.87. The molecular formula is C16H22BrFN4O2. The number of nitrogens with zero attached hydrogens (tertiary/aromatic N) is 1. The first-order valence-corrected chi connectivity index (χ1v) is 7.99. The fourth-order valence-electron chi connectivity index (χ4n) is 1.98. The van der Waals surface area contributed by atoms with E-state index in [1.807, 2.05) is 32.3 Å². The second-order valence-corrected chi connectivity index (χ2v) is 6.03. The molecule has 24 heavy (non-hydrogen) atoms. The number of rotatable bonds is 5. The van der Waals surface area contributed by atoms with Gasteiger partial charge in [-0.3, -0.25) is 5.43 Å². The second-order valence-electron chi connectivity index (χ2n) is 5.18. The molecule has 0 atom stereocenters. The van der Waals surface area contributed by atoms with Gasteiger partial charge in [-0.05, 0) is 60.8 Å². The predicted molar refractivity (Wildman–Crippen MR) is 95.2 cm³/mol. The van der Waals surface area contributed by atoms with Gasteiger partial charge in [-0.15, -0.1) is 0 Å². The van der Waals surface area contributed by atoms with E-state index in [9.17, 15) is 9.18 Å². The molecule has 1 rings (SSSR count). The van der Waals surface area contributed by atoms with Crippen molar-refractivity contribution in [3.05, 3.63) is 50.9 Å². The fraction of sp³-hybridized carbons (Fsp3) is 0.312. The molecule has 0 aliphatic carbocycles. The van der Waals surface area contributed by atoms with Crippen molar-refractivity contribution in [1.29, 1.82) is 0 Å². The zero-order valence-electron chi connectivity index (χ0n) is 14.1. The maximum absolute atomic E-state index is 13.7. The quantitative estimate of drug-likeness (QED) is 0.306. The second kappa shape index (κ2) is 8.81. The number of ether oxygens (including phenoxy) is 1. The summed E-state index contributed by atoms with van der Waals surface area (Å²) in [6.45, 7) is 7.34. The van der Waals surface area contributed by atoms with Gasteiger partial charge in [0.2, 0.25) is 0 Å². The lowest BCUT2D eigenvalue weighted by atomic mass is 10.1. The fourth-order valence-corrected chi connectivity index (χ4v) is 2.44. The van der Waals surface area contributed by atoms with Crippen LogP contribution in [0.4, 0.5) is 9.18 Å². The topological polar surface area (TPSA) is 93.6 Å². The summed E-state index contributed by atoms with van der Waals surface area (Å²) >= 11 is 3.13. The molecule has 2 amide bonds. The first kappa shape index (κ1) is 20.1. The summed E-state index contributed by atoms with van der Waals surface area (Å²) in [6, 6.07) is 2.30. The number of hydrogen-bond donors (Lipinski definition) is 3. The lowest BCUT2D eigenvalue weighted by molar-refractivity contribution is 0.211. The molecule has 6 nitrogen and oxygen atoms in total. The van der Waals surface area contributed by atoms with Crippen molar-refractivity contribution in [3.63, 3.8) is 0 Å². The Labute approximate surface area is 149 Å². The molecule has 0 spiro atoms. The number of aryl methyl sites for hydroxylation is 1. The Morgan fingerprint density at radius 2 is 2.08 bits per heavy atom. The minimum absolute atomic E-state index is 0.121. The minimum Gasteiger partial charge on any atom is -0.488 e. The summed E-state index contributed by atoms with van der Waals surface area (Å²) in [5.41, 5.74) is 4.80. The minimum atomic E-state index is -0.653. The number of benzene rings is 1. The third kappa shape index (κ3) is 4.80. The van der Waals surface area contributed by atoms with E-state index in [4.69, 9.17) is 16.4 Å². The predicted octanol–water partition coefficient (Wildman–Crippen LogP) is 3.27. The number of hydrazine groups is 2. The molecule has 8 heteroatoms. The van der Waals surface area contributed by atoms with Gasteiger partial charge in [0.1, 0.15) is 18.2 Å². The Kier molecular flexibility index (Phi) is 7.40. The Balaban J connectivity index is 3.13. The Morgan fingerprint density at radius 3 is 2.62 bits per heavy atom. The van der Waals surface area contributed by atoms with Crippen molar-refractivity contribution in [3.8, 4) is 5.75 Å². The maximum Gasteiger partial charge on any atom is 0.350 e. The lowest BCUT2D eigenvalue weighted by Crippen LogP contribution is -2.46. The van der Waals surface area contributed by atoms with Crippen molar-refractivity contribution in [1.82, 2.24) is 10.4 Å². The van der Waals surface area contributed by atoms with Gasteiger partial charge in [0.15, 0.2) is 0 Å². The van der Waals surface area contributed by atoms with Gasteiger partial charge >= 0.3 is 6.03 Å². The highest BCUT2D eigenvalue weighted by molar-refractivity contribution is 9.10. The molecule has 5 N–H and O–H groups in total. The van der Waals surface area contributed by atoms with E-state index in [1.54, 1.807) is 13.0 Å². The third-order valence-corrected chi connectivity index (χ3v) is 4.25. The Hall–Kier alpha value is -1.90. The molecule has 0 saturated carbocycles. The number of carbonyl (C=O) groups is 1. The van der Waals surface area contributed by atoms with Gasteiger partial charge in [-0.2, -0.15) is 0 Å². The van der Waals surface area contributed by atoms with Crippen molar-refractivity contribution >= 4 is 22.0 Å². The molecular weight excluding hydrogens is 379 g/mol. The summed E-state index contributed by atoms with van der Waals surface area (Å²) in [5.74, 6) is 10.8. The van der Waals surface area contributed by atoms with Gasteiger partial charge in [0, 0.05) is 17.3 Å². The monoisotopic (exact) mass is 400 g/mol. The number of hydrogen-bond acceptors (Lipinski definition) is 4. The van der Waals surface area contributed by atoms with Crippen molar-refractivity contribution in [2.45, 2.75) is 27.7 Å². The van der Waals surface area contributed by atoms with Crippen LogP contribution in [-0.4, -0.2) is 17.6 Å². The molecule has 0 saturated heterocycles. The zero-order valence-corrected chi connectivity index (χ0v) is 15.7. The molecule has 0 fully saturated rings. The summed E-state index contributed by atoms with van der Waals surface area (Å²) in [7, 11) is 0. The van der Waals surface area contributed by atoms with Gasteiger partial charge in [-0.1, -0.05) is 6.08 Å². The molecule has 132 valence electrons. The molecule has 0 aliphatic rings. The number of allylic oxidation sites excluding steroid dienone is 2. The standard InChI is InChI=1S/C16H22BrFN4O2/c1-5-9(2)12(11(4)22(20)16(23)21-19)8-24-15-7-14(18)13(17)6-10(15)3/h5-7H,8,19-20H2,1-4H3,(H,21,23)/b9-5-,12-11+. The van der Waals surface area contributed by atoms with Crippen molar-refractivity contribution < 1.29 is 13.9 Å². The van der Waals surface area contributed by atoms with Crippen LogP contribution in [0, 0.1) is 12.7 Å². The number of halogens is 2. The van der Waals surface area contributed by atoms with Crippen molar-refractivity contribution in [2.24, 2.45) is 11.7 Å². The van der Waals surface area contributed by atoms with E-state index >= 15 is 0 Å². The summed E-state index contributed by atoms with van der Waals surface area (Å²) in [4.78, 5) is 11.6. The molecule has 0 bridgehead atoms. The average Bonchev–Trinajstić information content (AvgIpc) is 2.57. The molecule has 0 unspecified atom stereocenters. The van der Waals surface area contributed by atoms with Crippen LogP contribution >= 0.6 is 15.9 Å². The van der Waals surface area contributed by atoms with Crippen LogP contribution in [0.15, 0.2) is 39.5 Å². The number of amides is 2. The van der Waals surface area contributed by atoms with E-state index in [-0.39, 0.29) is 6.61 Å². The van der Waals surface area contributed by atoms with Gasteiger partial charge < -0.3 is 4.74 Å². The first-order valence-electron chi connectivity index (χ1n) is 7.19. The molecule has 0 aliphatic heterocycles. The zero-order chi connectivity index (χ0) is 18.4. The molecule has 0 heterocycles. The van der Waals surface area contributed by atoms with Gasteiger partial charge in [0.25, 0.3) is 0 Å². The Morgan fingerprint density at radius 1 is 1.46 bits per heavy atom. The van der Waals surface area contributed by atoms with Crippen LogP contribution in [0.3, 0.4) is 0 Å². The number of nitrogens with one attached hydrogen (secondary N) is 1.